The number of aromatic nitrogens is 2. The van der Waals surface area contributed by atoms with Gasteiger partial charge in [0.1, 0.15) is 0 Å². The second-order valence-corrected chi connectivity index (χ2v) is 4.22. The molecule has 16 heavy (non-hydrogen) atoms. The van der Waals surface area contributed by atoms with Crippen LogP contribution >= 0.6 is 15.9 Å². The van der Waals surface area contributed by atoms with Gasteiger partial charge in [-0.05, 0) is 25.1 Å². The number of halogens is 1. The van der Waals surface area contributed by atoms with Crippen LogP contribution < -0.4 is 0 Å². The predicted molar refractivity (Wildman–Crippen MR) is 64.4 cm³/mol. The van der Waals surface area contributed by atoms with Crippen molar-refractivity contribution in [2.75, 3.05) is 7.11 Å². The van der Waals surface area contributed by atoms with E-state index < -0.39 is 5.97 Å². The van der Waals surface area contributed by atoms with Gasteiger partial charge < -0.3 is 9.30 Å². The van der Waals surface area contributed by atoms with Gasteiger partial charge in [0.25, 0.3) is 0 Å². The van der Waals surface area contributed by atoms with Crippen LogP contribution in [0.15, 0.2) is 22.7 Å². The Morgan fingerprint density at radius 2 is 2.31 bits per heavy atom. The van der Waals surface area contributed by atoms with Crippen LogP contribution in [0.3, 0.4) is 0 Å². The van der Waals surface area contributed by atoms with Crippen molar-refractivity contribution in [1.29, 1.82) is 0 Å². The SMILES string of the molecule is CCn1c(C(=O)OC)nc2cc(Br)ccc21. The van der Waals surface area contributed by atoms with Crippen LogP contribution in [0, 0.1) is 0 Å². The van der Waals surface area contributed by atoms with Crippen molar-refractivity contribution < 1.29 is 9.53 Å². The first-order chi connectivity index (χ1) is 7.67. The van der Waals surface area contributed by atoms with E-state index in [2.05, 4.69) is 20.9 Å². The molecule has 2 aromatic rings. The third-order valence-corrected chi connectivity index (χ3v) is 2.89. The van der Waals surface area contributed by atoms with Crippen molar-refractivity contribution in [1.82, 2.24) is 9.55 Å². The van der Waals surface area contributed by atoms with Gasteiger partial charge >= 0.3 is 5.97 Å². The molecule has 1 aromatic heterocycles. The lowest BCUT2D eigenvalue weighted by Gasteiger charge is -2.03. The number of esters is 1. The van der Waals surface area contributed by atoms with E-state index in [0.29, 0.717) is 12.4 Å². The number of nitrogens with zero attached hydrogens (tertiary/aromatic N) is 2. The number of methoxy groups -OCH3 is 1. The Labute approximate surface area is 101 Å². The van der Waals surface area contributed by atoms with Crippen LogP contribution in [0.5, 0.6) is 0 Å². The van der Waals surface area contributed by atoms with Crippen molar-refractivity contribution in [3.05, 3.63) is 28.5 Å². The number of aryl methyl sites for hydroxylation is 1. The monoisotopic (exact) mass is 282 g/mol. The fraction of sp³-hybridized carbons (Fsp3) is 0.273. The van der Waals surface area contributed by atoms with E-state index in [-0.39, 0.29) is 0 Å². The average Bonchev–Trinajstić information content (AvgIpc) is 2.65. The molecule has 0 fully saturated rings. The normalized spacial score (nSPS) is 10.7. The summed E-state index contributed by atoms with van der Waals surface area (Å²) in [6.45, 7) is 2.65. The maximum Gasteiger partial charge on any atom is 0.374 e. The van der Waals surface area contributed by atoms with Crippen molar-refractivity contribution in [3.63, 3.8) is 0 Å². The Balaban J connectivity index is 2.70. The molecule has 0 saturated carbocycles. The van der Waals surface area contributed by atoms with E-state index in [4.69, 9.17) is 4.74 Å². The molecule has 0 aliphatic rings. The first-order valence-corrected chi connectivity index (χ1v) is 5.70. The van der Waals surface area contributed by atoms with E-state index in [1.54, 1.807) is 0 Å². The second-order valence-electron chi connectivity index (χ2n) is 3.30. The number of fused-ring (bicyclic) bond motifs is 1. The molecule has 0 bridgehead atoms. The molecular formula is C11H11BrN2O2. The number of hydrogen-bond donors (Lipinski definition) is 0. The summed E-state index contributed by atoms with van der Waals surface area (Å²) in [4.78, 5) is 15.8. The molecule has 0 unspecified atom stereocenters. The number of benzene rings is 1. The van der Waals surface area contributed by atoms with E-state index in [1.165, 1.54) is 7.11 Å². The quantitative estimate of drug-likeness (QED) is 0.796. The summed E-state index contributed by atoms with van der Waals surface area (Å²) in [5.74, 6) is -0.0627. The van der Waals surface area contributed by atoms with E-state index in [0.717, 1.165) is 15.5 Å². The molecule has 0 N–H and O–H groups in total. The molecule has 0 aliphatic carbocycles. The molecule has 0 amide bonds. The van der Waals surface area contributed by atoms with Gasteiger partial charge in [-0.15, -0.1) is 0 Å². The highest BCUT2D eigenvalue weighted by atomic mass is 79.9. The lowest BCUT2D eigenvalue weighted by atomic mass is 10.3. The highest BCUT2D eigenvalue weighted by Crippen LogP contribution is 2.21. The minimum absolute atomic E-state index is 0.345. The smallest absolute Gasteiger partial charge is 0.374 e. The minimum Gasteiger partial charge on any atom is -0.463 e. The summed E-state index contributed by atoms with van der Waals surface area (Å²) in [6, 6.07) is 5.74. The Morgan fingerprint density at radius 1 is 1.56 bits per heavy atom. The van der Waals surface area contributed by atoms with Crippen molar-refractivity contribution in [3.8, 4) is 0 Å². The molecular weight excluding hydrogens is 272 g/mol. The number of carbonyl (C=O) groups excluding carboxylic acids is 1. The summed E-state index contributed by atoms with van der Waals surface area (Å²) >= 11 is 3.38. The number of rotatable bonds is 2. The Bertz CT molecular complexity index is 548. The largest absolute Gasteiger partial charge is 0.463 e. The molecule has 5 heteroatoms. The van der Waals surface area contributed by atoms with E-state index in [1.807, 2.05) is 29.7 Å². The van der Waals surface area contributed by atoms with Crippen molar-refractivity contribution >= 4 is 32.9 Å². The first-order valence-electron chi connectivity index (χ1n) is 4.91. The van der Waals surface area contributed by atoms with E-state index >= 15 is 0 Å². The highest BCUT2D eigenvalue weighted by Gasteiger charge is 2.16. The maximum atomic E-state index is 11.5. The van der Waals surface area contributed by atoms with Gasteiger partial charge in [0, 0.05) is 11.0 Å². The summed E-state index contributed by atoms with van der Waals surface area (Å²) < 4.78 is 7.49. The molecule has 1 heterocycles. The van der Waals surface area contributed by atoms with Crippen LogP contribution in [-0.2, 0) is 11.3 Å². The Hall–Kier alpha value is -1.36. The third kappa shape index (κ3) is 1.71. The number of ether oxygens (including phenoxy) is 1. The fourth-order valence-corrected chi connectivity index (χ4v) is 2.02. The van der Waals surface area contributed by atoms with Crippen molar-refractivity contribution in [2.45, 2.75) is 13.5 Å². The van der Waals surface area contributed by atoms with Gasteiger partial charge in [-0.25, -0.2) is 9.78 Å². The van der Waals surface area contributed by atoms with Crippen LogP contribution in [0.25, 0.3) is 11.0 Å². The fourth-order valence-electron chi connectivity index (χ4n) is 1.67. The Kier molecular flexibility index (Phi) is 2.96. The van der Waals surface area contributed by atoms with Crippen molar-refractivity contribution in [2.24, 2.45) is 0 Å². The molecule has 4 nitrogen and oxygen atoms in total. The van der Waals surface area contributed by atoms with Gasteiger partial charge in [-0.1, -0.05) is 15.9 Å². The molecule has 1 aromatic carbocycles. The lowest BCUT2D eigenvalue weighted by Crippen LogP contribution is -2.10. The van der Waals surface area contributed by atoms with Crippen LogP contribution in [0.4, 0.5) is 0 Å². The zero-order chi connectivity index (χ0) is 11.7. The molecule has 0 spiro atoms. The number of imidazole rings is 1. The van der Waals surface area contributed by atoms with Crippen LogP contribution in [-0.4, -0.2) is 22.6 Å². The molecule has 0 atom stereocenters. The summed E-state index contributed by atoms with van der Waals surface area (Å²) in [5.41, 5.74) is 1.72. The standard InChI is InChI=1S/C11H11BrN2O2/c1-3-14-9-5-4-7(12)6-8(9)13-10(14)11(15)16-2/h4-6H,3H2,1-2H3. The molecule has 0 saturated heterocycles. The summed E-state index contributed by atoms with van der Waals surface area (Å²) in [7, 11) is 1.36. The number of carbonyl (C=O) groups is 1. The van der Waals surface area contributed by atoms with Gasteiger partial charge in [0.2, 0.25) is 5.82 Å². The van der Waals surface area contributed by atoms with Gasteiger partial charge in [0.05, 0.1) is 18.1 Å². The maximum absolute atomic E-state index is 11.5. The summed E-state index contributed by atoms with van der Waals surface area (Å²) in [5, 5.41) is 0. The number of hydrogen-bond acceptors (Lipinski definition) is 3. The van der Waals surface area contributed by atoms with Gasteiger partial charge in [0.15, 0.2) is 0 Å². The summed E-state index contributed by atoms with van der Waals surface area (Å²) in [6.07, 6.45) is 0. The van der Waals surface area contributed by atoms with Gasteiger partial charge in [-0.3, -0.25) is 0 Å². The topological polar surface area (TPSA) is 44.1 Å². The van der Waals surface area contributed by atoms with Crippen LogP contribution in [0.1, 0.15) is 17.5 Å². The zero-order valence-electron chi connectivity index (χ0n) is 9.03. The Morgan fingerprint density at radius 3 is 2.94 bits per heavy atom. The predicted octanol–water partition coefficient (Wildman–Crippen LogP) is 2.61. The van der Waals surface area contributed by atoms with Gasteiger partial charge in [-0.2, -0.15) is 0 Å². The third-order valence-electron chi connectivity index (χ3n) is 2.39. The highest BCUT2D eigenvalue weighted by molar-refractivity contribution is 9.10. The second kappa shape index (κ2) is 4.25. The molecule has 84 valence electrons. The molecule has 2 rings (SSSR count). The van der Waals surface area contributed by atoms with Crippen LogP contribution in [0.2, 0.25) is 0 Å². The average molecular weight is 283 g/mol. The molecule has 0 radical (unpaired) electrons. The van der Waals surface area contributed by atoms with E-state index in [9.17, 15) is 4.79 Å². The minimum atomic E-state index is -0.408. The lowest BCUT2D eigenvalue weighted by molar-refractivity contribution is 0.0582. The molecule has 0 aliphatic heterocycles. The first kappa shape index (κ1) is 11.1. The zero-order valence-corrected chi connectivity index (χ0v) is 10.6.